The Balaban J connectivity index is 1.28. The first-order valence-electron chi connectivity index (χ1n) is 14.0. The third kappa shape index (κ3) is 6.08. The molecule has 0 aliphatic carbocycles. The molecule has 2 fully saturated rings. The lowest BCUT2D eigenvalue weighted by Crippen LogP contribution is -2.42. The van der Waals surface area contributed by atoms with E-state index in [4.69, 9.17) is 14.2 Å². The highest BCUT2D eigenvalue weighted by Crippen LogP contribution is 2.41. The maximum absolute atomic E-state index is 14.5. The van der Waals surface area contributed by atoms with Crippen LogP contribution in [0.15, 0.2) is 67.3 Å². The molecule has 14 nitrogen and oxygen atoms in total. The summed E-state index contributed by atoms with van der Waals surface area (Å²) in [7, 11) is 0. The van der Waals surface area contributed by atoms with Crippen molar-refractivity contribution in [2.75, 3.05) is 11.9 Å². The standard InChI is InChI=1S/C30H28FN7O7/c1-2-32-30(42)37-25-21-26(35-14-34-25)38(15-36-21)28-24-22(43-20(44-24)12-11-16-7-4-3-5-8-16)23(45-28)27(39)33-13-18-17(29(40)41)9-6-10-19(18)31/h3-12,14-15,20,22-24,28H,2,13H2,1H3,(H,33,39)(H,40,41)(H2,32,34,35,37,42)/t20-,22?,23?,24?,28?/m0/s1. The molecular formula is C30H28FN7O7. The molecule has 3 amide bonds. The molecule has 2 aliphatic heterocycles. The number of nitrogens with one attached hydrogen (secondary N) is 3. The van der Waals surface area contributed by atoms with Gasteiger partial charge in [0.1, 0.15) is 24.4 Å². The molecule has 4 heterocycles. The first-order valence-corrected chi connectivity index (χ1v) is 14.0. The number of hydrogen-bond donors (Lipinski definition) is 4. The van der Waals surface area contributed by atoms with E-state index in [0.717, 1.165) is 11.6 Å². The summed E-state index contributed by atoms with van der Waals surface area (Å²) in [5, 5.41) is 17.3. The molecule has 4 aromatic rings. The molecule has 0 radical (unpaired) electrons. The van der Waals surface area contributed by atoms with E-state index in [9.17, 15) is 23.9 Å². The summed E-state index contributed by atoms with van der Waals surface area (Å²) in [5.74, 6) is -2.60. The smallest absolute Gasteiger partial charge is 0.336 e. The third-order valence-electron chi connectivity index (χ3n) is 7.27. The van der Waals surface area contributed by atoms with Gasteiger partial charge in [-0.3, -0.25) is 14.7 Å². The molecule has 0 spiro atoms. The highest BCUT2D eigenvalue weighted by Gasteiger charge is 2.56. The predicted molar refractivity (Wildman–Crippen MR) is 156 cm³/mol. The van der Waals surface area contributed by atoms with Crippen LogP contribution in [0.3, 0.4) is 0 Å². The van der Waals surface area contributed by atoms with Crippen molar-refractivity contribution in [3.8, 4) is 0 Å². The maximum Gasteiger partial charge on any atom is 0.336 e. The second-order valence-electron chi connectivity index (χ2n) is 10.1. The minimum Gasteiger partial charge on any atom is -0.478 e. The van der Waals surface area contributed by atoms with Crippen molar-refractivity contribution in [2.45, 2.75) is 44.3 Å². The zero-order valence-electron chi connectivity index (χ0n) is 23.8. The number of anilines is 1. The van der Waals surface area contributed by atoms with Gasteiger partial charge in [-0.15, -0.1) is 0 Å². The van der Waals surface area contributed by atoms with E-state index >= 15 is 0 Å². The van der Waals surface area contributed by atoms with Gasteiger partial charge >= 0.3 is 12.0 Å². The number of urea groups is 1. The van der Waals surface area contributed by atoms with Crippen LogP contribution in [0, 0.1) is 5.82 Å². The van der Waals surface area contributed by atoms with Crippen LogP contribution in [-0.4, -0.2) is 73.7 Å². The third-order valence-corrected chi connectivity index (χ3v) is 7.27. The number of benzene rings is 2. The van der Waals surface area contributed by atoms with Crippen molar-refractivity contribution < 1.29 is 38.1 Å². The number of carbonyl (C=O) groups is 3. The number of carboxylic acids is 1. The summed E-state index contributed by atoms with van der Waals surface area (Å²) in [6.07, 6.45) is 1.45. The Kier molecular flexibility index (Phi) is 8.46. The van der Waals surface area contributed by atoms with Gasteiger partial charge in [0.15, 0.2) is 35.6 Å². The molecular weight excluding hydrogens is 589 g/mol. The summed E-state index contributed by atoms with van der Waals surface area (Å²) in [6.45, 7) is 1.78. The average Bonchev–Trinajstić information content (AvgIpc) is 3.74. The van der Waals surface area contributed by atoms with Gasteiger partial charge in [0, 0.05) is 18.7 Å². The van der Waals surface area contributed by atoms with Crippen molar-refractivity contribution in [3.05, 3.63) is 89.8 Å². The van der Waals surface area contributed by atoms with E-state index < -0.39 is 61.1 Å². The van der Waals surface area contributed by atoms with Gasteiger partial charge in [-0.05, 0) is 30.7 Å². The molecule has 2 saturated heterocycles. The Morgan fingerprint density at radius 3 is 2.58 bits per heavy atom. The van der Waals surface area contributed by atoms with Crippen molar-refractivity contribution >= 4 is 41.0 Å². The first-order chi connectivity index (χ1) is 21.8. The lowest BCUT2D eigenvalue weighted by molar-refractivity contribution is -0.152. The Labute approximate surface area is 255 Å². The molecule has 5 atom stereocenters. The van der Waals surface area contributed by atoms with E-state index in [1.807, 2.05) is 36.4 Å². The number of halogens is 1. The molecule has 2 aliphatic rings. The van der Waals surface area contributed by atoms with Gasteiger partial charge in [-0.25, -0.2) is 28.9 Å². The molecule has 4 N–H and O–H groups in total. The van der Waals surface area contributed by atoms with Crippen molar-refractivity contribution in [1.29, 1.82) is 0 Å². The van der Waals surface area contributed by atoms with Crippen LogP contribution in [0.25, 0.3) is 17.2 Å². The molecule has 0 saturated carbocycles. The molecule has 45 heavy (non-hydrogen) atoms. The summed E-state index contributed by atoms with van der Waals surface area (Å²) < 4.78 is 34.6. The van der Waals surface area contributed by atoms with Gasteiger partial charge in [0.2, 0.25) is 0 Å². The van der Waals surface area contributed by atoms with Gasteiger partial charge in [-0.1, -0.05) is 42.5 Å². The predicted octanol–water partition coefficient (Wildman–Crippen LogP) is 2.84. The number of aromatic carboxylic acids is 1. The van der Waals surface area contributed by atoms with E-state index in [2.05, 4.69) is 30.9 Å². The second-order valence-corrected chi connectivity index (χ2v) is 10.1. The topological polar surface area (TPSA) is 179 Å². The van der Waals surface area contributed by atoms with E-state index in [1.165, 1.54) is 24.8 Å². The summed E-state index contributed by atoms with van der Waals surface area (Å²) >= 11 is 0. The van der Waals surface area contributed by atoms with Crippen LogP contribution in [0.1, 0.15) is 34.6 Å². The Bertz CT molecular complexity index is 1770. The summed E-state index contributed by atoms with van der Waals surface area (Å²) in [5.41, 5.74) is 1.03. The van der Waals surface area contributed by atoms with Crippen LogP contribution < -0.4 is 16.0 Å². The highest BCUT2D eigenvalue weighted by molar-refractivity contribution is 5.95. The van der Waals surface area contributed by atoms with Gasteiger partial charge < -0.3 is 30.0 Å². The highest BCUT2D eigenvalue weighted by atomic mass is 19.1. The van der Waals surface area contributed by atoms with Gasteiger partial charge in [0.25, 0.3) is 5.91 Å². The summed E-state index contributed by atoms with van der Waals surface area (Å²) in [4.78, 5) is 50.1. The number of hydrogen-bond acceptors (Lipinski definition) is 9. The minimum absolute atomic E-state index is 0.167. The fraction of sp³-hybridized carbons (Fsp3) is 0.267. The van der Waals surface area contributed by atoms with Crippen LogP contribution >= 0.6 is 0 Å². The molecule has 15 heteroatoms. The largest absolute Gasteiger partial charge is 0.478 e. The molecule has 0 bridgehead atoms. The normalized spacial score (nSPS) is 22.4. The SMILES string of the molecule is CCNC(=O)Nc1ncnc2c1ncn2C1OC(C(=O)NCc2c(F)cccc2C(=O)O)C2O[C@H](C=Cc3ccccc3)OC21. The Morgan fingerprint density at radius 1 is 1.00 bits per heavy atom. The number of aromatic nitrogens is 4. The molecule has 232 valence electrons. The van der Waals surface area contributed by atoms with Crippen LogP contribution in [0.4, 0.5) is 15.0 Å². The van der Waals surface area contributed by atoms with Gasteiger partial charge in [0.05, 0.1) is 11.9 Å². The zero-order valence-corrected chi connectivity index (χ0v) is 23.8. The van der Waals surface area contributed by atoms with E-state index in [0.29, 0.717) is 12.2 Å². The molecule has 6 rings (SSSR count). The van der Waals surface area contributed by atoms with Gasteiger partial charge in [-0.2, -0.15) is 0 Å². The van der Waals surface area contributed by atoms with Crippen molar-refractivity contribution in [1.82, 2.24) is 30.2 Å². The zero-order chi connectivity index (χ0) is 31.5. The monoisotopic (exact) mass is 617 g/mol. The lowest BCUT2D eigenvalue weighted by atomic mass is 10.1. The van der Waals surface area contributed by atoms with Crippen LogP contribution in [0.2, 0.25) is 0 Å². The average molecular weight is 618 g/mol. The Hall–Kier alpha value is -5.25. The maximum atomic E-state index is 14.5. The Morgan fingerprint density at radius 2 is 1.80 bits per heavy atom. The number of nitrogens with zero attached hydrogens (tertiary/aromatic N) is 4. The minimum atomic E-state index is -1.33. The van der Waals surface area contributed by atoms with E-state index in [1.54, 1.807) is 17.6 Å². The van der Waals surface area contributed by atoms with Crippen LogP contribution in [0.5, 0.6) is 0 Å². The molecule has 4 unspecified atom stereocenters. The number of carboxylic acid groups (broad SMARTS) is 1. The number of fused-ring (bicyclic) bond motifs is 2. The van der Waals surface area contributed by atoms with Crippen molar-refractivity contribution in [2.24, 2.45) is 0 Å². The molecule has 2 aromatic heterocycles. The first kappa shape index (κ1) is 29.8. The fourth-order valence-corrected chi connectivity index (χ4v) is 5.21. The van der Waals surface area contributed by atoms with Crippen molar-refractivity contribution in [3.63, 3.8) is 0 Å². The quantitative estimate of drug-likeness (QED) is 0.218. The number of amides is 3. The second kappa shape index (κ2) is 12.8. The van der Waals surface area contributed by atoms with Crippen LogP contribution in [-0.2, 0) is 25.5 Å². The summed E-state index contributed by atoms with van der Waals surface area (Å²) in [6, 6.07) is 12.7. The number of ether oxygens (including phenoxy) is 3. The number of carbonyl (C=O) groups excluding carboxylic acids is 2. The number of imidazole rings is 1. The molecule has 2 aromatic carbocycles. The fourth-order valence-electron chi connectivity index (χ4n) is 5.21. The number of rotatable bonds is 9. The lowest BCUT2D eigenvalue weighted by Gasteiger charge is -2.20. The van der Waals surface area contributed by atoms with E-state index in [-0.39, 0.29) is 22.5 Å².